The predicted octanol–water partition coefficient (Wildman–Crippen LogP) is 4.30. The van der Waals surface area contributed by atoms with Gasteiger partial charge in [0.25, 0.3) is 0 Å². The lowest BCUT2D eigenvalue weighted by Crippen LogP contribution is -2.52. The van der Waals surface area contributed by atoms with Gasteiger partial charge < -0.3 is 10.2 Å². The average molecular weight is 522 g/mol. The molecule has 35 heavy (non-hydrogen) atoms. The van der Waals surface area contributed by atoms with Crippen LogP contribution >= 0.6 is 11.6 Å². The number of halogens is 1. The molecular weight excluding hydrogens is 486 g/mol. The van der Waals surface area contributed by atoms with Crippen molar-refractivity contribution in [1.29, 1.82) is 0 Å². The lowest BCUT2D eigenvalue weighted by molar-refractivity contribution is -0.140. The van der Waals surface area contributed by atoms with Crippen molar-refractivity contribution >= 4 is 39.1 Å². The zero-order valence-electron chi connectivity index (χ0n) is 21.3. The van der Waals surface area contributed by atoms with Crippen LogP contribution in [-0.2, 0) is 26.2 Å². The molecule has 0 aliphatic rings. The highest BCUT2D eigenvalue weighted by atomic mass is 35.5. The first-order chi connectivity index (χ1) is 16.3. The molecule has 2 aromatic carbocycles. The summed E-state index contributed by atoms with van der Waals surface area (Å²) in [4.78, 5) is 28.3. The van der Waals surface area contributed by atoms with Gasteiger partial charge in [0.15, 0.2) is 0 Å². The molecule has 0 saturated carbocycles. The molecule has 0 heterocycles. The fraction of sp³-hybridized carbons (Fsp3) is 0.462. The van der Waals surface area contributed by atoms with Crippen LogP contribution in [0.2, 0.25) is 5.02 Å². The van der Waals surface area contributed by atoms with E-state index in [0.29, 0.717) is 29.2 Å². The van der Waals surface area contributed by atoms with Gasteiger partial charge in [-0.05, 0) is 55.5 Å². The SMILES string of the molecule is CCC(C(=O)NCC(C)C)N(Cc1cccc(C)c1)C(=O)CN(c1ccc(Cl)cc1C)S(C)(=O)=O. The Bertz CT molecular complexity index is 1150. The zero-order valence-corrected chi connectivity index (χ0v) is 22.9. The van der Waals surface area contributed by atoms with Gasteiger partial charge in [-0.1, -0.05) is 62.2 Å². The normalized spacial score (nSPS) is 12.3. The maximum atomic E-state index is 13.7. The minimum atomic E-state index is -3.79. The number of rotatable bonds is 11. The summed E-state index contributed by atoms with van der Waals surface area (Å²) in [6.07, 6.45) is 1.45. The second kappa shape index (κ2) is 12.4. The van der Waals surface area contributed by atoms with Crippen LogP contribution in [0.3, 0.4) is 0 Å². The number of sulfonamides is 1. The van der Waals surface area contributed by atoms with Crippen LogP contribution in [0.5, 0.6) is 0 Å². The summed E-state index contributed by atoms with van der Waals surface area (Å²) >= 11 is 6.05. The Hall–Kier alpha value is -2.58. The van der Waals surface area contributed by atoms with E-state index in [1.54, 1.807) is 25.1 Å². The number of amides is 2. The number of hydrogen-bond donors (Lipinski definition) is 1. The molecule has 7 nitrogen and oxygen atoms in total. The van der Waals surface area contributed by atoms with Crippen molar-refractivity contribution < 1.29 is 18.0 Å². The van der Waals surface area contributed by atoms with Crippen molar-refractivity contribution in [3.63, 3.8) is 0 Å². The number of benzene rings is 2. The van der Waals surface area contributed by atoms with Gasteiger partial charge in [-0.2, -0.15) is 0 Å². The summed E-state index contributed by atoms with van der Waals surface area (Å²) in [6, 6.07) is 11.8. The third-order valence-corrected chi connectivity index (χ3v) is 6.97. The molecule has 0 aromatic heterocycles. The van der Waals surface area contributed by atoms with Crippen molar-refractivity contribution in [2.24, 2.45) is 5.92 Å². The minimum absolute atomic E-state index is 0.186. The highest BCUT2D eigenvalue weighted by molar-refractivity contribution is 7.92. The van der Waals surface area contributed by atoms with E-state index in [2.05, 4.69) is 5.32 Å². The van der Waals surface area contributed by atoms with E-state index in [-0.39, 0.29) is 18.4 Å². The molecule has 2 amide bonds. The molecular formula is C26H36ClN3O4S. The van der Waals surface area contributed by atoms with Crippen LogP contribution in [-0.4, -0.2) is 50.5 Å². The molecule has 0 bridgehead atoms. The Morgan fingerprint density at radius 2 is 1.77 bits per heavy atom. The van der Waals surface area contributed by atoms with Crippen LogP contribution in [0, 0.1) is 19.8 Å². The van der Waals surface area contributed by atoms with Crippen molar-refractivity contribution in [2.45, 2.75) is 53.6 Å². The predicted molar refractivity (Wildman–Crippen MR) is 142 cm³/mol. The number of anilines is 1. The van der Waals surface area contributed by atoms with Crippen LogP contribution in [0.25, 0.3) is 0 Å². The summed E-state index contributed by atoms with van der Waals surface area (Å²) in [5.41, 5.74) is 2.89. The summed E-state index contributed by atoms with van der Waals surface area (Å²) in [5.74, 6) is -0.459. The van der Waals surface area contributed by atoms with Crippen molar-refractivity contribution in [2.75, 3.05) is 23.7 Å². The number of hydrogen-bond acceptors (Lipinski definition) is 4. The largest absolute Gasteiger partial charge is 0.354 e. The van der Waals surface area contributed by atoms with E-state index in [0.717, 1.165) is 21.7 Å². The Morgan fingerprint density at radius 1 is 1.09 bits per heavy atom. The highest BCUT2D eigenvalue weighted by Gasteiger charge is 2.32. The molecule has 0 aliphatic carbocycles. The number of carbonyl (C=O) groups excluding carboxylic acids is 2. The number of nitrogens with zero attached hydrogens (tertiary/aromatic N) is 2. The maximum absolute atomic E-state index is 13.7. The first-order valence-corrected chi connectivity index (χ1v) is 13.9. The number of aryl methyl sites for hydroxylation is 2. The van der Waals surface area contributed by atoms with Gasteiger partial charge in [0, 0.05) is 18.1 Å². The lowest BCUT2D eigenvalue weighted by atomic mass is 10.1. The minimum Gasteiger partial charge on any atom is -0.354 e. The Labute approximate surface area is 214 Å². The summed E-state index contributed by atoms with van der Waals surface area (Å²) in [5, 5.41) is 3.39. The molecule has 0 fully saturated rings. The Balaban J connectivity index is 2.45. The maximum Gasteiger partial charge on any atom is 0.244 e. The lowest BCUT2D eigenvalue weighted by Gasteiger charge is -2.33. The van der Waals surface area contributed by atoms with Gasteiger partial charge in [-0.25, -0.2) is 8.42 Å². The monoisotopic (exact) mass is 521 g/mol. The van der Waals surface area contributed by atoms with Crippen LogP contribution in [0.4, 0.5) is 5.69 Å². The van der Waals surface area contributed by atoms with Crippen LogP contribution in [0.1, 0.15) is 43.9 Å². The Morgan fingerprint density at radius 3 is 2.31 bits per heavy atom. The average Bonchev–Trinajstić information content (AvgIpc) is 2.75. The smallest absolute Gasteiger partial charge is 0.244 e. The molecule has 1 N–H and O–H groups in total. The van der Waals surface area contributed by atoms with E-state index in [9.17, 15) is 18.0 Å². The quantitative estimate of drug-likeness (QED) is 0.477. The van der Waals surface area contributed by atoms with Crippen molar-refractivity contribution in [1.82, 2.24) is 10.2 Å². The van der Waals surface area contributed by atoms with E-state index in [1.165, 1.54) is 4.90 Å². The second-order valence-electron chi connectivity index (χ2n) is 9.27. The number of carbonyl (C=O) groups is 2. The molecule has 1 atom stereocenters. The van der Waals surface area contributed by atoms with Gasteiger partial charge in [0.2, 0.25) is 21.8 Å². The summed E-state index contributed by atoms with van der Waals surface area (Å²) < 4.78 is 26.5. The van der Waals surface area contributed by atoms with Gasteiger partial charge in [0.1, 0.15) is 12.6 Å². The topological polar surface area (TPSA) is 86.8 Å². The highest BCUT2D eigenvalue weighted by Crippen LogP contribution is 2.26. The molecule has 1 unspecified atom stereocenters. The molecule has 0 spiro atoms. The molecule has 0 radical (unpaired) electrons. The van der Waals surface area contributed by atoms with E-state index in [4.69, 9.17) is 11.6 Å². The third-order valence-electron chi connectivity index (χ3n) is 5.61. The molecule has 2 rings (SSSR count). The van der Waals surface area contributed by atoms with E-state index < -0.39 is 28.5 Å². The molecule has 0 aliphatic heterocycles. The van der Waals surface area contributed by atoms with Gasteiger partial charge in [0.05, 0.1) is 11.9 Å². The zero-order chi connectivity index (χ0) is 26.3. The number of nitrogens with one attached hydrogen (secondary N) is 1. The molecule has 0 saturated heterocycles. The van der Waals surface area contributed by atoms with E-state index >= 15 is 0 Å². The fourth-order valence-corrected chi connectivity index (χ4v) is 4.98. The van der Waals surface area contributed by atoms with Gasteiger partial charge >= 0.3 is 0 Å². The van der Waals surface area contributed by atoms with Crippen LogP contribution < -0.4 is 9.62 Å². The molecule has 2 aromatic rings. The second-order valence-corrected chi connectivity index (χ2v) is 11.6. The van der Waals surface area contributed by atoms with Gasteiger partial charge in [-0.15, -0.1) is 0 Å². The molecule has 192 valence electrons. The standard InChI is InChI=1S/C26H36ClN3O4S/c1-7-23(26(32)28-15-18(2)3)29(16-21-10-8-9-19(4)13-21)25(31)17-30(35(6,33)34)24-12-11-22(27)14-20(24)5/h8-14,18,23H,7,15-17H2,1-6H3,(H,28,32). The summed E-state index contributed by atoms with van der Waals surface area (Å²) in [7, 11) is -3.79. The van der Waals surface area contributed by atoms with Crippen molar-refractivity contribution in [3.05, 3.63) is 64.2 Å². The van der Waals surface area contributed by atoms with Gasteiger partial charge in [-0.3, -0.25) is 13.9 Å². The first kappa shape index (κ1) is 28.7. The van der Waals surface area contributed by atoms with Crippen molar-refractivity contribution in [3.8, 4) is 0 Å². The summed E-state index contributed by atoms with van der Waals surface area (Å²) in [6.45, 7) is 9.77. The molecule has 9 heteroatoms. The van der Waals surface area contributed by atoms with E-state index in [1.807, 2.05) is 52.0 Å². The first-order valence-electron chi connectivity index (χ1n) is 11.7. The fourth-order valence-electron chi connectivity index (χ4n) is 3.84. The van der Waals surface area contributed by atoms with Crippen LogP contribution in [0.15, 0.2) is 42.5 Å². The third kappa shape index (κ3) is 8.25. The Kier molecular flexibility index (Phi) is 10.2.